The SMILES string of the molecule is NC(=CC(=Nc1ccccc1Cl)c1ccc(C(=O)OC(=O)CO)cc1)C(F)(F)F. The fourth-order valence-corrected chi connectivity index (χ4v) is 2.23. The number of para-hydroxylation sites is 1. The number of nitrogens with two attached hydrogens (primary N) is 1. The quantitative estimate of drug-likeness (QED) is 0.432. The molecule has 0 fully saturated rings. The average molecular weight is 427 g/mol. The molecular formula is C19H14ClF3N2O4. The lowest BCUT2D eigenvalue weighted by Crippen LogP contribution is -2.21. The summed E-state index contributed by atoms with van der Waals surface area (Å²) in [4.78, 5) is 26.9. The Balaban J connectivity index is 2.45. The molecule has 2 aromatic rings. The molecule has 2 rings (SSSR count). The molecule has 6 nitrogen and oxygen atoms in total. The number of carbonyl (C=O) groups is 2. The van der Waals surface area contributed by atoms with E-state index in [0.29, 0.717) is 6.08 Å². The van der Waals surface area contributed by atoms with Gasteiger partial charge in [-0.1, -0.05) is 35.9 Å². The van der Waals surface area contributed by atoms with Crippen LogP contribution in [0.4, 0.5) is 18.9 Å². The van der Waals surface area contributed by atoms with Crippen LogP contribution in [0.1, 0.15) is 15.9 Å². The van der Waals surface area contributed by atoms with Crippen LogP contribution < -0.4 is 5.73 Å². The van der Waals surface area contributed by atoms with E-state index >= 15 is 0 Å². The van der Waals surface area contributed by atoms with Gasteiger partial charge in [-0.05, 0) is 30.3 Å². The molecule has 0 spiro atoms. The normalized spacial score (nSPS) is 12.6. The molecule has 0 aliphatic rings. The highest BCUT2D eigenvalue weighted by molar-refractivity contribution is 6.33. The van der Waals surface area contributed by atoms with Crippen LogP contribution in [0.15, 0.2) is 65.3 Å². The van der Waals surface area contributed by atoms with Crippen molar-refractivity contribution in [2.45, 2.75) is 6.18 Å². The monoisotopic (exact) mass is 426 g/mol. The summed E-state index contributed by atoms with van der Waals surface area (Å²) in [6.07, 6.45) is -4.12. The minimum Gasteiger partial charge on any atom is -0.395 e. The molecular weight excluding hydrogens is 413 g/mol. The maximum atomic E-state index is 12.9. The Morgan fingerprint density at radius 2 is 1.69 bits per heavy atom. The molecule has 0 amide bonds. The maximum Gasteiger partial charge on any atom is 0.430 e. The number of nitrogens with zero attached hydrogens (tertiary/aromatic N) is 1. The van der Waals surface area contributed by atoms with Crippen LogP contribution in [0.3, 0.4) is 0 Å². The molecule has 0 aliphatic carbocycles. The van der Waals surface area contributed by atoms with Gasteiger partial charge in [-0.25, -0.2) is 14.6 Å². The number of aliphatic hydroxyl groups excluding tert-OH is 1. The summed E-state index contributed by atoms with van der Waals surface area (Å²) in [5.74, 6) is -2.16. The van der Waals surface area contributed by atoms with Gasteiger partial charge in [-0.3, -0.25) is 0 Å². The summed E-state index contributed by atoms with van der Waals surface area (Å²) in [5, 5.41) is 8.81. The van der Waals surface area contributed by atoms with Gasteiger partial charge in [-0.15, -0.1) is 0 Å². The minimum absolute atomic E-state index is 0.0552. The van der Waals surface area contributed by atoms with E-state index < -0.39 is 30.4 Å². The van der Waals surface area contributed by atoms with Crippen molar-refractivity contribution < 1.29 is 32.6 Å². The predicted molar refractivity (Wildman–Crippen MR) is 99.9 cm³/mol. The number of ether oxygens (including phenoxy) is 1. The van der Waals surface area contributed by atoms with Crippen LogP contribution in [-0.2, 0) is 9.53 Å². The van der Waals surface area contributed by atoms with Crippen molar-refractivity contribution in [1.29, 1.82) is 0 Å². The van der Waals surface area contributed by atoms with Crippen molar-refractivity contribution in [3.05, 3.63) is 76.5 Å². The molecule has 152 valence electrons. The highest BCUT2D eigenvalue weighted by Gasteiger charge is 2.31. The molecule has 0 saturated heterocycles. The molecule has 0 saturated carbocycles. The first-order chi connectivity index (χ1) is 13.6. The van der Waals surface area contributed by atoms with Crippen LogP contribution >= 0.6 is 11.6 Å². The van der Waals surface area contributed by atoms with Gasteiger partial charge < -0.3 is 15.6 Å². The van der Waals surface area contributed by atoms with Crippen LogP contribution in [0.25, 0.3) is 0 Å². The van der Waals surface area contributed by atoms with E-state index in [4.69, 9.17) is 22.4 Å². The number of allylic oxidation sites excluding steroid dienone is 2. The molecule has 0 unspecified atom stereocenters. The summed E-state index contributed by atoms with van der Waals surface area (Å²) < 4.78 is 43.0. The third-order valence-electron chi connectivity index (χ3n) is 3.46. The number of halogens is 4. The zero-order chi connectivity index (χ0) is 21.6. The van der Waals surface area contributed by atoms with E-state index in [9.17, 15) is 22.8 Å². The third-order valence-corrected chi connectivity index (χ3v) is 3.78. The number of alkyl halides is 3. The zero-order valence-corrected chi connectivity index (χ0v) is 15.4. The van der Waals surface area contributed by atoms with Gasteiger partial charge in [0, 0.05) is 5.56 Å². The number of carbonyl (C=O) groups excluding carboxylic acids is 2. The standard InChI is InChI=1S/C19H14ClF3N2O4/c20-13-3-1-2-4-14(13)25-15(9-16(24)19(21,22)23)11-5-7-12(8-6-11)18(28)29-17(27)10-26/h1-9,26H,10,24H2. The van der Waals surface area contributed by atoms with Gasteiger partial charge in [-0.2, -0.15) is 13.2 Å². The first-order valence-electron chi connectivity index (χ1n) is 7.95. The highest BCUT2D eigenvalue weighted by atomic mass is 35.5. The highest BCUT2D eigenvalue weighted by Crippen LogP contribution is 2.27. The Morgan fingerprint density at radius 1 is 1.10 bits per heavy atom. The van der Waals surface area contributed by atoms with E-state index in [-0.39, 0.29) is 27.5 Å². The van der Waals surface area contributed by atoms with Gasteiger partial charge in [0.1, 0.15) is 12.3 Å². The Kier molecular flexibility index (Phi) is 7.13. The fourth-order valence-electron chi connectivity index (χ4n) is 2.05. The molecule has 0 heterocycles. The fraction of sp³-hybridized carbons (Fsp3) is 0.105. The van der Waals surface area contributed by atoms with E-state index in [1.807, 2.05) is 0 Å². The number of benzene rings is 2. The van der Waals surface area contributed by atoms with Gasteiger partial charge in [0.25, 0.3) is 0 Å². The average Bonchev–Trinajstić information content (AvgIpc) is 2.68. The van der Waals surface area contributed by atoms with Gasteiger partial charge in [0.05, 0.1) is 22.0 Å². The number of rotatable bonds is 5. The van der Waals surface area contributed by atoms with E-state index in [1.165, 1.54) is 36.4 Å². The zero-order valence-electron chi connectivity index (χ0n) is 14.6. The summed E-state index contributed by atoms with van der Waals surface area (Å²) in [6, 6.07) is 11.3. The number of hydrogen-bond acceptors (Lipinski definition) is 6. The van der Waals surface area contributed by atoms with Gasteiger partial charge >= 0.3 is 18.1 Å². The molecule has 29 heavy (non-hydrogen) atoms. The van der Waals surface area contributed by atoms with Gasteiger partial charge in [0.15, 0.2) is 0 Å². The van der Waals surface area contributed by atoms with Crippen LogP contribution in [-0.4, -0.2) is 35.5 Å². The van der Waals surface area contributed by atoms with E-state index in [0.717, 1.165) is 0 Å². The van der Waals surface area contributed by atoms with Crippen LogP contribution in [0.2, 0.25) is 5.02 Å². The van der Waals surface area contributed by atoms with Crippen molar-refractivity contribution in [1.82, 2.24) is 0 Å². The lowest BCUT2D eigenvalue weighted by molar-refractivity contribution is -0.141. The molecule has 0 radical (unpaired) electrons. The molecule has 0 bridgehead atoms. The van der Waals surface area contributed by atoms with Crippen molar-refractivity contribution in [2.24, 2.45) is 10.7 Å². The smallest absolute Gasteiger partial charge is 0.395 e. The van der Waals surface area contributed by atoms with Crippen molar-refractivity contribution in [3.8, 4) is 0 Å². The number of esters is 2. The first kappa shape index (κ1) is 22.1. The number of hydrogen-bond donors (Lipinski definition) is 2. The summed E-state index contributed by atoms with van der Waals surface area (Å²) in [6.45, 7) is -0.972. The summed E-state index contributed by atoms with van der Waals surface area (Å²) >= 11 is 6.02. The molecule has 0 atom stereocenters. The number of aliphatic imine (C=N–C) groups is 1. The molecule has 2 aromatic carbocycles. The van der Waals surface area contributed by atoms with E-state index in [1.54, 1.807) is 12.1 Å². The van der Waals surface area contributed by atoms with E-state index in [2.05, 4.69) is 9.73 Å². The molecule has 10 heteroatoms. The molecule has 3 N–H and O–H groups in total. The van der Waals surface area contributed by atoms with Crippen molar-refractivity contribution in [2.75, 3.05) is 6.61 Å². The Labute approximate surface area is 168 Å². The van der Waals surface area contributed by atoms with Crippen molar-refractivity contribution >= 4 is 34.9 Å². The lowest BCUT2D eigenvalue weighted by Gasteiger charge is -2.09. The summed E-state index contributed by atoms with van der Waals surface area (Å²) in [5.41, 5.74) is 3.94. The Bertz CT molecular complexity index is 970. The second-order valence-corrected chi connectivity index (χ2v) is 5.95. The Hall–Kier alpha value is -3.17. The second kappa shape index (κ2) is 9.35. The van der Waals surface area contributed by atoms with Gasteiger partial charge in [0.2, 0.25) is 0 Å². The lowest BCUT2D eigenvalue weighted by atomic mass is 10.1. The predicted octanol–water partition coefficient (Wildman–Crippen LogP) is 3.54. The largest absolute Gasteiger partial charge is 0.430 e. The minimum atomic E-state index is -4.77. The second-order valence-electron chi connectivity index (χ2n) is 5.54. The third kappa shape index (κ3) is 6.16. The maximum absolute atomic E-state index is 12.9. The van der Waals surface area contributed by atoms with Crippen LogP contribution in [0, 0.1) is 0 Å². The topological polar surface area (TPSA) is 102 Å². The molecule has 0 aromatic heterocycles. The molecule has 0 aliphatic heterocycles. The van der Waals surface area contributed by atoms with Crippen molar-refractivity contribution in [3.63, 3.8) is 0 Å². The van der Waals surface area contributed by atoms with Crippen LogP contribution in [0.5, 0.6) is 0 Å². The first-order valence-corrected chi connectivity index (χ1v) is 8.33. The Morgan fingerprint density at radius 3 is 2.24 bits per heavy atom. The number of aliphatic hydroxyl groups is 1. The summed E-state index contributed by atoms with van der Waals surface area (Å²) in [7, 11) is 0.